The molecule has 8 heteroatoms. The van der Waals surface area contributed by atoms with E-state index < -0.39 is 5.54 Å². The quantitative estimate of drug-likeness (QED) is 0.780. The lowest BCUT2D eigenvalue weighted by Crippen LogP contribution is -2.57. The fourth-order valence-corrected chi connectivity index (χ4v) is 6.38. The maximum absolute atomic E-state index is 13.3. The first-order valence-corrected chi connectivity index (χ1v) is 11.9. The number of aliphatic imine (C=N–C) groups is 1. The van der Waals surface area contributed by atoms with Gasteiger partial charge in [-0.05, 0) is 45.2 Å². The van der Waals surface area contributed by atoms with E-state index in [4.69, 9.17) is 10.7 Å². The summed E-state index contributed by atoms with van der Waals surface area (Å²) in [7, 11) is 1.82. The highest BCUT2D eigenvalue weighted by atomic mass is 32.1. The molecule has 3 aliphatic heterocycles. The number of anilines is 1. The fourth-order valence-electron chi connectivity index (χ4n) is 5.42. The van der Waals surface area contributed by atoms with Crippen molar-refractivity contribution < 1.29 is 9.59 Å². The fraction of sp³-hybridized carbons (Fsp3) is 0.522. The van der Waals surface area contributed by atoms with Gasteiger partial charge in [-0.25, -0.2) is 0 Å². The molecule has 0 bridgehead atoms. The number of carbonyl (C=O) groups excluding carboxylic acids is 2. The smallest absolute Gasteiger partial charge is 0.257 e. The van der Waals surface area contributed by atoms with Crippen LogP contribution in [0.4, 0.5) is 5.00 Å². The van der Waals surface area contributed by atoms with Crippen molar-refractivity contribution in [1.82, 2.24) is 14.7 Å². The number of carbonyl (C=O) groups is 2. The van der Waals surface area contributed by atoms with E-state index in [0.29, 0.717) is 36.2 Å². The maximum Gasteiger partial charge on any atom is 0.257 e. The van der Waals surface area contributed by atoms with E-state index in [2.05, 4.69) is 4.90 Å². The molecule has 1 aromatic heterocycles. The molecule has 0 saturated carbocycles. The summed E-state index contributed by atoms with van der Waals surface area (Å²) < 4.78 is 1.05. The third kappa shape index (κ3) is 3.32. The third-order valence-corrected chi connectivity index (χ3v) is 8.17. The molecule has 1 spiro atoms. The number of hydrogen-bond acceptors (Lipinski definition) is 6. The summed E-state index contributed by atoms with van der Waals surface area (Å²) >= 11 is 1.48. The lowest BCUT2D eigenvalue weighted by molar-refractivity contribution is -0.132. The van der Waals surface area contributed by atoms with Gasteiger partial charge in [0.25, 0.3) is 11.8 Å². The van der Waals surface area contributed by atoms with Gasteiger partial charge in [0.05, 0.1) is 10.6 Å². The van der Waals surface area contributed by atoms with Crippen LogP contribution in [-0.4, -0.2) is 77.2 Å². The van der Waals surface area contributed by atoms with E-state index in [0.717, 1.165) is 48.1 Å². The molecule has 2 aromatic rings. The topological polar surface area (TPSA) is 82.2 Å². The normalized spacial score (nSPS) is 25.6. The Morgan fingerprint density at radius 2 is 1.97 bits per heavy atom. The summed E-state index contributed by atoms with van der Waals surface area (Å²) in [5, 5.41) is 1.55. The van der Waals surface area contributed by atoms with Gasteiger partial charge in [0, 0.05) is 42.8 Å². The minimum absolute atomic E-state index is 0.0383. The van der Waals surface area contributed by atoms with E-state index in [9.17, 15) is 9.59 Å². The molecule has 5 rings (SSSR count). The number of thiophene rings is 1. The standard InChI is InChI=1S/C23H29N5O2S/c1-15-25-23(22(30)26(15)2)10-5-11-28(14-23)16-8-12-27(13-9-16)21(29)19-17-6-3-4-7-18(17)31-20(19)24/h3-4,6-7,16H,5,8-14,24H2,1-2H3. The van der Waals surface area contributed by atoms with Gasteiger partial charge in [-0.2, -0.15) is 0 Å². The van der Waals surface area contributed by atoms with Gasteiger partial charge in [0.2, 0.25) is 0 Å². The number of nitrogens with two attached hydrogens (primary N) is 1. The Kier molecular flexibility index (Phi) is 5.01. The molecule has 7 nitrogen and oxygen atoms in total. The predicted octanol–water partition coefficient (Wildman–Crippen LogP) is 2.81. The molecule has 1 atom stereocenters. The summed E-state index contributed by atoms with van der Waals surface area (Å²) in [6.07, 6.45) is 3.63. The number of nitrogens with zero attached hydrogens (tertiary/aromatic N) is 4. The lowest BCUT2D eigenvalue weighted by atomic mass is 9.87. The Labute approximate surface area is 186 Å². The highest BCUT2D eigenvalue weighted by Gasteiger charge is 2.49. The Hall–Kier alpha value is -2.45. The number of likely N-dealkylation sites (tertiary alicyclic amines) is 2. The number of amides is 2. The second kappa shape index (κ2) is 7.60. The zero-order valence-electron chi connectivity index (χ0n) is 18.1. The Balaban J connectivity index is 1.27. The number of amidine groups is 1. The molecular formula is C23H29N5O2S. The number of benzene rings is 1. The molecular weight excluding hydrogens is 410 g/mol. The highest BCUT2D eigenvalue weighted by molar-refractivity contribution is 7.23. The molecule has 3 aliphatic rings. The van der Waals surface area contributed by atoms with Crippen LogP contribution in [0.2, 0.25) is 0 Å². The van der Waals surface area contributed by atoms with Crippen LogP contribution in [-0.2, 0) is 4.79 Å². The van der Waals surface area contributed by atoms with Gasteiger partial charge in [-0.1, -0.05) is 18.2 Å². The number of rotatable bonds is 2. The van der Waals surface area contributed by atoms with Crippen molar-refractivity contribution in [3.8, 4) is 0 Å². The minimum atomic E-state index is -0.603. The van der Waals surface area contributed by atoms with Crippen molar-refractivity contribution in [2.24, 2.45) is 4.99 Å². The summed E-state index contributed by atoms with van der Waals surface area (Å²) in [5.41, 5.74) is 6.27. The van der Waals surface area contributed by atoms with E-state index in [1.807, 2.05) is 43.1 Å². The Bertz CT molecular complexity index is 1070. The highest BCUT2D eigenvalue weighted by Crippen LogP contribution is 2.36. The zero-order chi connectivity index (χ0) is 21.8. The monoisotopic (exact) mass is 439 g/mol. The van der Waals surface area contributed by atoms with Gasteiger partial charge in [0.15, 0.2) is 5.54 Å². The first kappa shape index (κ1) is 20.5. The Morgan fingerprint density at radius 1 is 1.23 bits per heavy atom. The van der Waals surface area contributed by atoms with E-state index in [1.165, 1.54) is 11.3 Å². The van der Waals surface area contributed by atoms with Crippen LogP contribution >= 0.6 is 11.3 Å². The van der Waals surface area contributed by atoms with Gasteiger partial charge in [-0.15, -0.1) is 11.3 Å². The molecule has 0 radical (unpaired) electrons. The summed E-state index contributed by atoms with van der Waals surface area (Å²) in [6, 6.07) is 8.30. The third-order valence-electron chi connectivity index (χ3n) is 7.17. The van der Waals surface area contributed by atoms with Crippen LogP contribution in [0, 0.1) is 0 Å². The number of nitrogen functional groups attached to an aromatic ring is 1. The molecule has 164 valence electrons. The number of hydrogen-bond donors (Lipinski definition) is 1. The molecule has 31 heavy (non-hydrogen) atoms. The number of likely N-dealkylation sites (N-methyl/N-ethyl adjacent to an activating group) is 1. The van der Waals surface area contributed by atoms with Gasteiger partial charge in [-0.3, -0.25) is 19.5 Å². The van der Waals surface area contributed by atoms with E-state index in [1.54, 1.807) is 4.90 Å². The van der Waals surface area contributed by atoms with Crippen molar-refractivity contribution >= 4 is 44.1 Å². The summed E-state index contributed by atoms with van der Waals surface area (Å²) in [4.78, 5) is 37.0. The average molecular weight is 440 g/mol. The Morgan fingerprint density at radius 3 is 2.68 bits per heavy atom. The van der Waals surface area contributed by atoms with E-state index >= 15 is 0 Å². The van der Waals surface area contributed by atoms with Crippen LogP contribution in [0.3, 0.4) is 0 Å². The first-order valence-electron chi connectivity index (χ1n) is 11.0. The predicted molar refractivity (Wildman–Crippen MR) is 125 cm³/mol. The van der Waals surface area contributed by atoms with Gasteiger partial charge < -0.3 is 15.5 Å². The minimum Gasteiger partial charge on any atom is -0.390 e. The van der Waals surface area contributed by atoms with Crippen molar-refractivity contribution in [3.63, 3.8) is 0 Å². The van der Waals surface area contributed by atoms with Crippen LogP contribution in [0.5, 0.6) is 0 Å². The van der Waals surface area contributed by atoms with Crippen molar-refractivity contribution in [2.75, 3.05) is 39.0 Å². The molecule has 2 amide bonds. The molecule has 0 aliphatic carbocycles. The maximum atomic E-state index is 13.3. The zero-order valence-corrected chi connectivity index (χ0v) is 19.0. The largest absolute Gasteiger partial charge is 0.390 e. The lowest BCUT2D eigenvalue weighted by Gasteiger charge is -2.44. The van der Waals surface area contributed by atoms with Crippen LogP contribution in [0.15, 0.2) is 29.3 Å². The second-order valence-corrected chi connectivity index (χ2v) is 10.1. The molecule has 2 fully saturated rings. The summed E-state index contributed by atoms with van der Waals surface area (Å²) in [6.45, 7) is 5.03. The van der Waals surface area contributed by atoms with Gasteiger partial charge >= 0.3 is 0 Å². The SMILES string of the molecule is CC1=NC2(CCCN(C3CCN(C(=O)c4c(N)sc5ccccc45)CC3)C2)C(=O)N1C. The molecule has 2 N–H and O–H groups in total. The molecule has 2 saturated heterocycles. The van der Waals surface area contributed by atoms with E-state index in [-0.39, 0.29) is 11.8 Å². The van der Waals surface area contributed by atoms with Crippen molar-refractivity contribution in [1.29, 1.82) is 0 Å². The van der Waals surface area contributed by atoms with Crippen molar-refractivity contribution in [2.45, 2.75) is 44.2 Å². The van der Waals surface area contributed by atoms with Crippen LogP contribution in [0.25, 0.3) is 10.1 Å². The molecule has 4 heterocycles. The van der Waals surface area contributed by atoms with Crippen molar-refractivity contribution in [3.05, 3.63) is 29.8 Å². The molecule has 1 unspecified atom stereocenters. The number of fused-ring (bicyclic) bond motifs is 1. The van der Waals surface area contributed by atoms with Crippen LogP contribution < -0.4 is 5.73 Å². The molecule has 1 aromatic carbocycles. The number of piperidine rings is 2. The second-order valence-electron chi connectivity index (χ2n) is 8.99. The van der Waals surface area contributed by atoms with Crippen LogP contribution in [0.1, 0.15) is 43.0 Å². The average Bonchev–Trinajstić information content (AvgIpc) is 3.22. The first-order chi connectivity index (χ1) is 14.9. The van der Waals surface area contributed by atoms with Gasteiger partial charge in [0.1, 0.15) is 5.84 Å². The summed E-state index contributed by atoms with van der Waals surface area (Å²) in [5.74, 6) is 0.978.